The second-order valence-electron chi connectivity index (χ2n) is 5.18. The summed E-state index contributed by atoms with van der Waals surface area (Å²) in [6, 6.07) is 3.21. The van der Waals surface area contributed by atoms with Crippen molar-refractivity contribution in [3.05, 3.63) is 46.9 Å². The zero-order chi connectivity index (χ0) is 15.7. The van der Waals surface area contributed by atoms with E-state index in [9.17, 15) is 13.6 Å². The fourth-order valence-electron chi connectivity index (χ4n) is 1.96. The molecule has 2 aromatic rings. The van der Waals surface area contributed by atoms with Crippen molar-refractivity contribution < 1.29 is 22.8 Å². The van der Waals surface area contributed by atoms with E-state index in [0.717, 1.165) is 25.0 Å². The number of benzene rings is 1. The lowest BCUT2D eigenvalue weighted by Gasteiger charge is -2.08. The molecular formula is C15H14F2N2O3. The fraction of sp³-hybridized carbons (Fsp3) is 0.333. The molecule has 5 nitrogen and oxygen atoms in total. The van der Waals surface area contributed by atoms with Crippen LogP contribution in [0.3, 0.4) is 0 Å². The number of aryl methyl sites for hydroxylation is 1. The molecule has 1 amide bonds. The fourth-order valence-corrected chi connectivity index (χ4v) is 1.96. The van der Waals surface area contributed by atoms with Crippen LogP contribution in [0.5, 0.6) is 5.75 Å². The molecular weight excluding hydrogens is 294 g/mol. The molecule has 3 rings (SSSR count). The summed E-state index contributed by atoms with van der Waals surface area (Å²) >= 11 is 0. The smallest absolute Gasteiger partial charge is 0.274 e. The highest BCUT2D eigenvalue weighted by molar-refractivity contribution is 5.94. The Labute approximate surface area is 125 Å². The van der Waals surface area contributed by atoms with Crippen LogP contribution in [-0.4, -0.2) is 17.1 Å². The van der Waals surface area contributed by atoms with E-state index >= 15 is 0 Å². The molecule has 1 heterocycles. The summed E-state index contributed by atoms with van der Waals surface area (Å²) in [7, 11) is 0. The third-order valence-electron chi connectivity index (χ3n) is 3.38. The van der Waals surface area contributed by atoms with E-state index in [0.29, 0.717) is 11.3 Å². The maximum atomic E-state index is 13.5. The second kappa shape index (κ2) is 5.75. The summed E-state index contributed by atoms with van der Waals surface area (Å²) in [5.74, 6) is -1.51. The Balaban J connectivity index is 1.74. The van der Waals surface area contributed by atoms with Crippen LogP contribution in [0.1, 0.15) is 34.7 Å². The molecule has 0 atom stereocenters. The largest absolute Gasteiger partial charge is 0.486 e. The van der Waals surface area contributed by atoms with E-state index in [2.05, 4.69) is 10.5 Å². The van der Waals surface area contributed by atoms with Crippen LogP contribution >= 0.6 is 0 Å². The lowest BCUT2D eigenvalue weighted by atomic mass is 10.2. The van der Waals surface area contributed by atoms with Crippen molar-refractivity contribution >= 4 is 5.91 Å². The first kappa shape index (κ1) is 14.5. The number of hydrogen-bond donors (Lipinski definition) is 1. The van der Waals surface area contributed by atoms with Crippen molar-refractivity contribution in [3.63, 3.8) is 0 Å². The molecule has 0 radical (unpaired) electrons. The number of halogens is 2. The molecule has 0 bridgehead atoms. The molecule has 0 unspecified atom stereocenters. The number of hydrogen-bond acceptors (Lipinski definition) is 4. The minimum atomic E-state index is -0.807. The number of rotatable bonds is 5. The van der Waals surface area contributed by atoms with Gasteiger partial charge in [0.05, 0.1) is 5.56 Å². The molecule has 1 aliphatic rings. The van der Waals surface area contributed by atoms with Gasteiger partial charge in [0.2, 0.25) is 0 Å². The highest BCUT2D eigenvalue weighted by atomic mass is 19.1. The molecule has 22 heavy (non-hydrogen) atoms. The van der Waals surface area contributed by atoms with E-state index in [1.807, 2.05) is 0 Å². The van der Waals surface area contributed by atoms with E-state index in [1.54, 1.807) is 6.92 Å². The van der Waals surface area contributed by atoms with Gasteiger partial charge in [-0.15, -0.1) is 0 Å². The van der Waals surface area contributed by atoms with Crippen molar-refractivity contribution in [1.29, 1.82) is 0 Å². The Morgan fingerprint density at radius 2 is 2.23 bits per heavy atom. The Morgan fingerprint density at radius 3 is 2.91 bits per heavy atom. The van der Waals surface area contributed by atoms with Crippen LogP contribution in [0.4, 0.5) is 8.78 Å². The minimum absolute atomic E-state index is 0.0920. The van der Waals surface area contributed by atoms with Gasteiger partial charge in [0.15, 0.2) is 17.3 Å². The molecule has 1 aromatic heterocycles. The average molecular weight is 308 g/mol. The molecule has 0 spiro atoms. The summed E-state index contributed by atoms with van der Waals surface area (Å²) < 4.78 is 36.7. The normalized spacial score (nSPS) is 14.0. The number of carbonyl (C=O) groups excluding carboxylic acids is 1. The lowest BCUT2D eigenvalue weighted by molar-refractivity contribution is 0.0940. The third kappa shape index (κ3) is 3.08. The molecule has 1 N–H and O–H groups in total. The molecule has 0 saturated heterocycles. The quantitative estimate of drug-likeness (QED) is 0.922. The summed E-state index contributed by atoms with van der Waals surface area (Å²) in [4.78, 5) is 12.0. The van der Waals surface area contributed by atoms with Gasteiger partial charge in [0.1, 0.15) is 18.2 Å². The van der Waals surface area contributed by atoms with Gasteiger partial charge in [0.25, 0.3) is 5.91 Å². The van der Waals surface area contributed by atoms with Gasteiger partial charge < -0.3 is 14.6 Å². The highest BCUT2D eigenvalue weighted by Crippen LogP contribution is 2.23. The van der Waals surface area contributed by atoms with Crippen LogP contribution in [-0.2, 0) is 6.61 Å². The Morgan fingerprint density at radius 1 is 1.45 bits per heavy atom. The van der Waals surface area contributed by atoms with Crippen molar-refractivity contribution in [2.75, 3.05) is 0 Å². The minimum Gasteiger partial charge on any atom is -0.486 e. The van der Waals surface area contributed by atoms with Gasteiger partial charge in [0, 0.05) is 12.1 Å². The van der Waals surface area contributed by atoms with Gasteiger partial charge in [-0.2, -0.15) is 0 Å². The monoisotopic (exact) mass is 308 g/mol. The average Bonchev–Trinajstić information content (AvgIpc) is 3.20. The van der Waals surface area contributed by atoms with E-state index < -0.39 is 11.6 Å². The molecule has 0 aliphatic heterocycles. The summed E-state index contributed by atoms with van der Waals surface area (Å²) in [6.07, 6.45) is 1.91. The summed E-state index contributed by atoms with van der Waals surface area (Å²) in [6.45, 7) is 1.55. The second-order valence-corrected chi connectivity index (χ2v) is 5.18. The van der Waals surface area contributed by atoms with Crippen LogP contribution in [0.2, 0.25) is 0 Å². The van der Waals surface area contributed by atoms with Gasteiger partial charge in [-0.3, -0.25) is 4.79 Å². The Bertz CT molecular complexity index is 711. The first-order valence-corrected chi connectivity index (χ1v) is 6.88. The Hall–Kier alpha value is -2.44. The standard InChI is InChI=1S/C15H14F2N2O3/c1-8-11(7-21-13-5-2-9(16)6-12(13)17)14(19-22-8)15(20)18-10-3-4-10/h2,5-6,10H,3-4,7H2,1H3,(H,18,20). The molecule has 7 heteroatoms. The number of ether oxygens (including phenoxy) is 1. The van der Waals surface area contributed by atoms with Crippen LogP contribution in [0.25, 0.3) is 0 Å². The number of amides is 1. The maximum absolute atomic E-state index is 13.5. The molecule has 1 aliphatic carbocycles. The lowest BCUT2D eigenvalue weighted by Crippen LogP contribution is -2.26. The zero-order valence-corrected chi connectivity index (χ0v) is 11.9. The molecule has 116 valence electrons. The number of nitrogens with zero attached hydrogens (tertiary/aromatic N) is 1. The predicted octanol–water partition coefficient (Wildman–Crippen LogP) is 2.73. The van der Waals surface area contributed by atoms with Gasteiger partial charge in [-0.05, 0) is 31.9 Å². The molecule has 1 fully saturated rings. The number of carbonyl (C=O) groups is 1. The van der Waals surface area contributed by atoms with Crippen molar-refractivity contribution in [1.82, 2.24) is 10.5 Å². The first-order valence-electron chi connectivity index (χ1n) is 6.88. The molecule has 1 aromatic carbocycles. The van der Waals surface area contributed by atoms with Gasteiger partial charge in [-0.25, -0.2) is 8.78 Å². The van der Waals surface area contributed by atoms with E-state index in [-0.39, 0.29) is 30.0 Å². The summed E-state index contributed by atoms with van der Waals surface area (Å²) in [5, 5.41) is 6.52. The van der Waals surface area contributed by atoms with Crippen LogP contribution in [0, 0.1) is 18.6 Å². The number of nitrogens with one attached hydrogen (secondary N) is 1. The highest BCUT2D eigenvalue weighted by Gasteiger charge is 2.27. The van der Waals surface area contributed by atoms with Crippen molar-refractivity contribution in [2.24, 2.45) is 0 Å². The molecule has 1 saturated carbocycles. The van der Waals surface area contributed by atoms with Gasteiger partial charge in [-0.1, -0.05) is 5.16 Å². The van der Waals surface area contributed by atoms with Gasteiger partial charge >= 0.3 is 0 Å². The Kier molecular flexibility index (Phi) is 3.79. The SMILES string of the molecule is Cc1onc(C(=O)NC2CC2)c1COc1ccc(F)cc1F. The van der Waals surface area contributed by atoms with Crippen molar-refractivity contribution in [3.8, 4) is 5.75 Å². The van der Waals surface area contributed by atoms with Crippen molar-refractivity contribution in [2.45, 2.75) is 32.4 Å². The predicted molar refractivity (Wildman–Crippen MR) is 72.4 cm³/mol. The third-order valence-corrected chi connectivity index (χ3v) is 3.38. The maximum Gasteiger partial charge on any atom is 0.274 e. The van der Waals surface area contributed by atoms with E-state index in [1.165, 1.54) is 6.07 Å². The summed E-state index contributed by atoms with van der Waals surface area (Å²) in [5.41, 5.74) is 0.578. The van der Waals surface area contributed by atoms with Crippen LogP contribution in [0.15, 0.2) is 22.7 Å². The first-order chi connectivity index (χ1) is 10.5. The van der Waals surface area contributed by atoms with E-state index in [4.69, 9.17) is 9.26 Å². The topological polar surface area (TPSA) is 64.4 Å². The van der Waals surface area contributed by atoms with Crippen LogP contribution < -0.4 is 10.1 Å². The zero-order valence-electron chi connectivity index (χ0n) is 11.9. The number of aromatic nitrogens is 1.